The van der Waals surface area contributed by atoms with Crippen LogP contribution in [-0.4, -0.2) is 136 Å². The van der Waals surface area contributed by atoms with Crippen molar-refractivity contribution in [3.05, 3.63) is 59.9 Å². The number of halogens is 2. The molecule has 2 aromatic carbocycles. The quantitative estimate of drug-likeness (QED) is 0.401. The standard InChI is InChI=1S/C24H20B8F2N6O2/c1-13-4-16(36-20-35-12-38(37-20)17-7-14(33)6-15(34)8-17)9-18(5-13)40-23(29,30)21(25,26)39(22(27,28)24(40,31)32)10-19-11-41-2-3-42-19/h4-9,12,19H,2-3,10-11H2,1H3,(H,36,37). The summed E-state index contributed by atoms with van der Waals surface area (Å²) < 4.78 is 39.8. The Kier molecular flexibility index (Phi) is 7.98. The molecular weight excluding hydrogens is 529 g/mol. The number of hydrogen-bond donors (Lipinski definition) is 1. The average Bonchev–Trinajstić information content (AvgIpc) is 3.34. The highest BCUT2D eigenvalue weighted by Gasteiger charge is 2.60. The number of piperazine rings is 1. The van der Waals surface area contributed by atoms with Gasteiger partial charge in [-0.1, -0.05) is 0 Å². The lowest BCUT2D eigenvalue weighted by atomic mass is 9.26. The van der Waals surface area contributed by atoms with Gasteiger partial charge in [-0.15, -0.1) is 5.10 Å². The molecule has 42 heavy (non-hydrogen) atoms. The summed E-state index contributed by atoms with van der Waals surface area (Å²) in [6.07, 6.45) is 0.776. The molecule has 5 rings (SSSR count). The Labute approximate surface area is 254 Å². The summed E-state index contributed by atoms with van der Waals surface area (Å²) in [5, 5.41) is -1.25. The van der Waals surface area contributed by atoms with Gasteiger partial charge in [-0.25, -0.2) is 13.5 Å². The van der Waals surface area contributed by atoms with Crippen LogP contribution >= 0.6 is 0 Å². The summed E-state index contributed by atoms with van der Waals surface area (Å²) in [6, 6.07) is 7.99. The molecule has 0 bridgehead atoms. The van der Waals surface area contributed by atoms with Gasteiger partial charge in [-0.3, -0.25) is 0 Å². The summed E-state index contributed by atoms with van der Waals surface area (Å²) in [5.74, 6) is -1.42. The van der Waals surface area contributed by atoms with Crippen molar-refractivity contribution < 1.29 is 18.3 Å². The SMILES string of the molecule is [B]C1([B])N(CC2COCCO2)C([B])([B])C([B])([B])N(c2cc(C)cc(Nc3ncn(-c4cc(F)cc(F)c4)n3)c2)C1([B])[B]. The van der Waals surface area contributed by atoms with E-state index in [1.807, 2.05) is 0 Å². The zero-order valence-corrected chi connectivity index (χ0v) is 22.9. The number of anilines is 3. The van der Waals surface area contributed by atoms with Gasteiger partial charge in [0.25, 0.3) is 0 Å². The van der Waals surface area contributed by atoms with E-state index in [9.17, 15) is 8.78 Å². The maximum Gasteiger partial charge on any atom is 0.246 e. The number of rotatable bonds is 6. The molecular formula is C24H20B8F2N6O2. The van der Waals surface area contributed by atoms with Crippen molar-refractivity contribution in [2.24, 2.45) is 0 Å². The smallest absolute Gasteiger partial charge is 0.246 e. The molecule has 3 aromatic rings. The summed E-state index contributed by atoms with van der Waals surface area (Å²) in [6.45, 7) is 2.74. The number of ether oxygens (including phenoxy) is 2. The van der Waals surface area contributed by atoms with E-state index in [2.05, 4.69) is 15.4 Å². The van der Waals surface area contributed by atoms with Gasteiger partial charge < -0.3 is 24.6 Å². The van der Waals surface area contributed by atoms with Crippen molar-refractivity contribution in [2.45, 2.75) is 34.4 Å². The normalized spacial score (nSPS) is 22.9. The third kappa shape index (κ3) is 5.35. The molecule has 8 nitrogen and oxygen atoms in total. The molecule has 18 heteroatoms. The number of aryl methyl sites for hydroxylation is 1. The van der Waals surface area contributed by atoms with Gasteiger partial charge in [0.05, 0.1) is 94.4 Å². The Morgan fingerprint density at radius 1 is 0.857 bits per heavy atom. The number of aromatic nitrogens is 3. The van der Waals surface area contributed by atoms with Gasteiger partial charge in [0.2, 0.25) is 5.95 Å². The molecule has 1 N–H and O–H groups in total. The van der Waals surface area contributed by atoms with E-state index >= 15 is 0 Å². The topological polar surface area (TPSA) is 67.7 Å². The van der Waals surface area contributed by atoms with Crippen LogP contribution < -0.4 is 10.2 Å². The van der Waals surface area contributed by atoms with Gasteiger partial charge in [-0.05, 0) is 64.2 Å². The van der Waals surface area contributed by atoms with Crippen LogP contribution in [0.25, 0.3) is 5.69 Å². The number of nitrogens with zero attached hydrogens (tertiary/aromatic N) is 5. The van der Waals surface area contributed by atoms with Crippen LogP contribution in [0.1, 0.15) is 5.56 Å². The second kappa shape index (κ2) is 10.9. The van der Waals surface area contributed by atoms with Crippen molar-refractivity contribution in [1.29, 1.82) is 0 Å². The van der Waals surface area contributed by atoms with Crippen molar-refractivity contribution in [2.75, 3.05) is 36.6 Å². The van der Waals surface area contributed by atoms with E-state index in [-0.39, 0.29) is 30.5 Å². The minimum atomic E-state index is -2.15. The van der Waals surface area contributed by atoms with Gasteiger partial charge in [-0.2, -0.15) is 4.98 Å². The first-order valence-corrected chi connectivity index (χ1v) is 12.9. The minimum Gasteiger partial charge on any atom is -0.394 e. The van der Waals surface area contributed by atoms with E-state index in [1.54, 1.807) is 25.1 Å². The van der Waals surface area contributed by atoms with E-state index in [1.165, 1.54) is 15.9 Å². The molecule has 2 fully saturated rings. The van der Waals surface area contributed by atoms with Gasteiger partial charge in [0.15, 0.2) is 0 Å². The highest BCUT2D eigenvalue weighted by Crippen LogP contribution is 2.46. The minimum absolute atomic E-state index is 0.0374. The molecule has 2 aliphatic heterocycles. The summed E-state index contributed by atoms with van der Waals surface area (Å²) in [5.41, 5.74) is 1.53. The van der Waals surface area contributed by atoms with Crippen LogP contribution in [0.15, 0.2) is 42.7 Å². The van der Waals surface area contributed by atoms with Crippen LogP contribution in [0, 0.1) is 18.6 Å². The fourth-order valence-electron chi connectivity index (χ4n) is 5.19. The molecule has 0 saturated carbocycles. The predicted molar refractivity (Wildman–Crippen MR) is 162 cm³/mol. The zero-order valence-electron chi connectivity index (χ0n) is 22.9. The molecule has 1 unspecified atom stereocenters. The van der Waals surface area contributed by atoms with E-state index in [4.69, 9.17) is 72.2 Å². The van der Waals surface area contributed by atoms with Crippen molar-refractivity contribution in [3.63, 3.8) is 0 Å². The molecule has 0 spiro atoms. The maximum absolute atomic E-state index is 13.7. The highest BCUT2D eigenvalue weighted by atomic mass is 19.1. The molecule has 16 radical (unpaired) electrons. The maximum atomic E-state index is 13.7. The first kappa shape index (κ1) is 30.9. The Bertz CT molecular complexity index is 1420. The third-order valence-electron chi connectivity index (χ3n) is 7.37. The highest BCUT2D eigenvalue weighted by molar-refractivity contribution is 6.62. The first-order valence-electron chi connectivity index (χ1n) is 12.9. The number of benzene rings is 2. The van der Waals surface area contributed by atoms with Crippen LogP contribution in [0.2, 0.25) is 0 Å². The molecule has 196 valence electrons. The zero-order chi connectivity index (χ0) is 30.7. The van der Waals surface area contributed by atoms with Crippen LogP contribution in [-0.2, 0) is 9.47 Å². The van der Waals surface area contributed by atoms with Crippen molar-refractivity contribution >= 4 is 80.1 Å². The molecule has 3 heterocycles. The fourth-order valence-corrected chi connectivity index (χ4v) is 5.19. The van der Waals surface area contributed by atoms with E-state index < -0.39 is 39.1 Å². The first-order chi connectivity index (χ1) is 19.5. The molecule has 1 aromatic heterocycles. The lowest BCUT2D eigenvalue weighted by Crippen LogP contribution is -2.92. The lowest BCUT2D eigenvalue weighted by Gasteiger charge is -2.76. The Morgan fingerprint density at radius 3 is 2.10 bits per heavy atom. The molecule has 0 aliphatic carbocycles. The molecule has 2 aliphatic rings. The third-order valence-corrected chi connectivity index (χ3v) is 7.37. The second-order valence-electron chi connectivity index (χ2n) is 10.6. The van der Waals surface area contributed by atoms with Crippen LogP contribution in [0.4, 0.5) is 26.1 Å². The fraction of sp³-hybridized carbons (Fsp3) is 0.417. The van der Waals surface area contributed by atoms with Crippen molar-refractivity contribution in [3.8, 4) is 5.69 Å². The summed E-state index contributed by atoms with van der Waals surface area (Å²) in [4.78, 5) is 6.54. The Morgan fingerprint density at radius 2 is 1.50 bits per heavy atom. The summed E-state index contributed by atoms with van der Waals surface area (Å²) in [7, 11) is 52.8. The Hall–Kier alpha value is -2.56. The average molecular weight is 549 g/mol. The van der Waals surface area contributed by atoms with E-state index in [0.717, 1.165) is 23.1 Å². The summed E-state index contributed by atoms with van der Waals surface area (Å²) >= 11 is 0. The molecule has 0 amide bonds. The Balaban J connectivity index is 1.48. The number of hydrogen-bond acceptors (Lipinski definition) is 7. The monoisotopic (exact) mass is 550 g/mol. The van der Waals surface area contributed by atoms with Gasteiger partial charge in [0, 0.05) is 24.0 Å². The van der Waals surface area contributed by atoms with Gasteiger partial charge in [0.1, 0.15) is 18.0 Å². The van der Waals surface area contributed by atoms with Crippen LogP contribution in [0.5, 0.6) is 0 Å². The second-order valence-corrected chi connectivity index (χ2v) is 10.6. The predicted octanol–water partition coefficient (Wildman–Crippen LogP) is -0.902. The number of nitrogens with one attached hydrogen (secondary N) is 1. The van der Waals surface area contributed by atoms with Crippen LogP contribution in [0.3, 0.4) is 0 Å². The van der Waals surface area contributed by atoms with Gasteiger partial charge >= 0.3 is 0 Å². The molecule has 1 atom stereocenters. The largest absolute Gasteiger partial charge is 0.394 e. The van der Waals surface area contributed by atoms with E-state index in [0.29, 0.717) is 24.5 Å². The lowest BCUT2D eigenvalue weighted by molar-refractivity contribution is -0.106. The molecule has 2 saturated heterocycles. The van der Waals surface area contributed by atoms with Crippen molar-refractivity contribution in [1.82, 2.24) is 19.7 Å².